The highest BCUT2D eigenvalue weighted by Gasteiger charge is 2.14. The maximum Gasteiger partial charge on any atom is 0.431 e. The van der Waals surface area contributed by atoms with Gasteiger partial charge in [-0.1, -0.05) is 18.2 Å². The zero-order chi connectivity index (χ0) is 11.3. The fourth-order valence-corrected chi connectivity index (χ4v) is 0.943. The third-order valence-corrected chi connectivity index (χ3v) is 1.51. The topological polar surface area (TPSA) is 50.4 Å². The van der Waals surface area contributed by atoms with E-state index in [9.17, 15) is 4.79 Å². The first-order chi connectivity index (χ1) is 6.97. The molecule has 0 fully saturated rings. The van der Waals surface area contributed by atoms with Gasteiger partial charge in [-0.3, -0.25) is 0 Å². The van der Waals surface area contributed by atoms with Crippen molar-refractivity contribution in [1.82, 2.24) is 5.32 Å². The van der Waals surface area contributed by atoms with E-state index in [2.05, 4.69) is 10.8 Å². The minimum Gasteiger partial charge on any atom is -0.324 e. The molecule has 82 valence electrons. The average molecular weight is 208 g/mol. The number of amides is 1. The van der Waals surface area contributed by atoms with E-state index in [4.69, 9.17) is 4.84 Å². The van der Waals surface area contributed by atoms with E-state index in [0.717, 1.165) is 5.69 Å². The highest BCUT2D eigenvalue weighted by molar-refractivity contribution is 5.69. The molecule has 0 aromatic heterocycles. The first kappa shape index (κ1) is 11.4. The molecule has 1 aromatic carbocycles. The fraction of sp³-hybridized carbons (Fsp3) is 0.364. The van der Waals surface area contributed by atoms with Crippen molar-refractivity contribution in [3.63, 3.8) is 0 Å². The predicted octanol–water partition coefficient (Wildman–Crippen LogP) is 2.54. The first-order valence-electron chi connectivity index (χ1n) is 4.77. The Hall–Kier alpha value is -1.71. The molecular formula is C11H16N2O2. The van der Waals surface area contributed by atoms with Crippen molar-refractivity contribution >= 4 is 11.8 Å². The van der Waals surface area contributed by atoms with Crippen LogP contribution in [0, 0.1) is 0 Å². The molecule has 2 N–H and O–H groups in total. The number of nitrogens with one attached hydrogen (secondary N) is 2. The monoisotopic (exact) mass is 208 g/mol. The maximum atomic E-state index is 11.2. The van der Waals surface area contributed by atoms with Crippen LogP contribution in [0.15, 0.2) is 30.3 Å². The largest absolute Gasteiger partial charge is 0.431 e. The van der Waals surface area contributed by atoms with Gasteiger partial charge in [0.2, 0.25) is 0 Å². The molecule has 1 amide bonds. The van der Waals surface area contributed by atoms with Crippen molar-refractivity contribution in [2.24, 2.45) is 0 Å². The number of carbonyl (C=O) groups is 1. The molecule has 0 spiro atoms. The van der Waals surface area contributed by atoms with E-state index in [0.29, 0.717) is 0 Å². The van der Waals surface area contributed by atoms with Gasteiger partial charge in [0, 0.05) is 5.54 Å². The maximum absolute atomic E-state index is 11.2. The molecule has 4 nitrogen and oxygen atoms in total. The van der Waals surface area contributed by atoms with Gasteiger partial charge in [-0.25, -0.2) is 10.3 Å². The standard InChI is InChI=1S/C11H16N2O2/c1-11(2,3)12-10(14)15-13-9-7-5-4-6-8-9/h4-8,13H,1-3H3,(H,12,14). The van der Waals surface area contributed by atoms with Gasteiger partial charge in [-0.05, 0) is 32.9 Å². The van der Waals surface area contributed by atoms with Crippen LogP contribution in [0.3, 0.4) is 0 Å². The van der Waals surface area contributed by atoms with Crippen LogP contribution in [0.25, 0.3) is 0 Å². The number of carbonyl (C=O) groups excluding carboxylic acids is 1. The molecule has 1 rings (SSSR count). The van der Waals surface area contributed by atoms with Gasteiger partial charge in [0.05, 0.1) is 5.69 Å². The second-order valence-electron chi connectivity index (χ2n) is 4.23. The van der Waals surface area contributed by atoms with Crippen LogP contribution in [0.4, 0.5) is 10.5 Å². The summed E-state index contributed by atoms with van der Waals surface area (Å²) in [5.41, 5.74) is 3.00. The normalized spacial score (nSPS) is 10.6. The summed E-state index contributed by atoms with van der Waals surface area (Å²) in [5, 5.41) is 2.67. The van der Waals surface area contributed by atoms with Crippen LogP contribution < -0.4 is 10.8 Å². The quantitative estimate of drug-likeness (QED) is 0.734. The van der Waals surface area contributed by atoms with Gasteiger partial charge < -0.3 is 10.2 Å². The van der Waals surface area contributed by atoms with Crippen LogP contribution in [0.2, 0.25) is 0 Å². The summed E-state index contributed by atoms with van der Waals surface area (Å²) in [6.45, 7) is 5.66. The number of rotatable bonds is 2. The highest BCUT2D eigenvalue weighted by Crippen LogP contribution is 2.05. The first-order valence-corrected chi connectivity index (χ1v) is 4.77. The number of benzene rings is 1. The molecule has 0 heterocycles. The Bertz CT molecular complexity index is 317. The number of para-hydroxylation sites is 1. The lowest BCUT2D eigenvalue weighted by Gasteiger charge is -2.19. The van der Waals surface area contributed by atoms with Gasteiger partial charge in [-0.15, -0.1) is 0 Å². The number of anilines is 1. The summed E-state index contributed by atoms with van der Waals surface area (Å²) in [6, 6.07) is 9.22. The van der Waals surface area contributed by atoms with E-state index in [1.54, 1.807) is 0 Å². The molecule has 0 aliphatic rings. The molecule has 0 radical (unpaired) electrons. The van der Waals surface area contributed by atoms with Crippen molar-refractivity contribution in [3.8, 4) is 0 Å². The summed E-state index contributed by atoms with van der Waals surface area (Å²) in [5.74, 6) is 0. The second kappa shape index (κ2) is 4.68. The Morgan fingerprint density at radius 3 is 2.33 bits per heavy atom. The van der Waals surface area contributed by atoms with Gasteiger partial charge in [0.25, 0.3) is 0 Å². The van der Waals surface area contributed by atoms with Crippen molar-refractivity contribution in [2.75, 3.05) is 5.48 Å². The number of hydrogen-bond acceptors (Lipinski definition) is 3. The van der Waals surface area contributed by atoms with Crippen LogP contribution in [0.5, 0.6) is 0 Å². The summed E-state index contributed by atoms with van der Waals surface area (Å²) in [7, 11) is 0. The molecule has 0 unspecified atom stereocenters. The lowest BCUT2D eigenvalue weighted by atomic mass is 10.1. The number of hydrogen-bond donors (Lipinski definition) is 2. The lowest BCUT2D eigenvalue weighted by molar-refractivity contribution is 0.160. The Morgan fingerprint density at radius 1 is 1.20 bits per heavy atom. The van der Waals surface area contributed by atoms with E-state index < -0.39 is 6.09 Å². The smallest absolute Gasteiger partial charge is 0.324 e. The molecule has 0 aliphatic carbocycles. The molecule has 0 aliphatic heterocycles. The molecule has 0 saturated heterocycles. The van der Waals surface area contributed by atoms with Gasteiger partial charge in [-0.2, -0.15) is 0 Å². The molecular weight excluding hydrogens is 192 g/mol. The van der Waals surface area contributed by atoms with Gasteiger partial charge in [0.15, 0.2) is 0 Å². The minimum atomic E-state index is -0.494. The van der Waals surface area contributed by atoms with E-state index in [1.165, 1.54) is 0 Å². The fourth-order valence-electron chi connectivity index (χ4n) is 0.943. The summed E-state index contributed by atoms with van der Waals surface area (Å²) in [6.07, 6.45) is -0.494. The van der Waals surface area contributed by atoms with Gasteiger partial charge in [0.1, 0.15) is 0 Å². The third kappa shape index (κ3) is 4.90. The summed E-state index contributed by atoms with van der Waals surface area (Å²) >= 11 is 0. The van der Waals surface area contributed by atoms with Gasteiger partial charge >= 0.3 is 6.09 Å². The molecule has 1 aromatic rings. The molecule has 0 bridgehead atoms. The van der Waals surface area contributed by atoms with E-state index in [1.807, 2.05) is 51.1 Å². The van der Waals surface area contributed by atoms with Crippen molar-refractivity contribution in [2.45, 2.75) is 26.3 Å². The van der Waals surface area contributed by atoms with E-state index >= 15 is 0 Å². The van der Waals surface area contributed by atoms with Crippen LogP contribution >= 0.6 is 0 Å². The highest BCUT2D eigenvalue weighted by atomic mass is 16.7. The van der Waals surface area contributed by atoms with Crippen LogP contribution in [-0.4, -0.2) is 11.6 Å². The van der Waals surface area contributed by atoms with E-state index in [-0.39, 0.29) is 5.54 Å². The van der Waals surface area contributed by atoms with Crippen LogP contribution in [0.1, 0.15) is 20.8 Å². The minimum absolute atomic E-state index is 0.296. The Labute approximate surface area is 89.6 Å². The molecule has 0 saturated carbocycles. The molecule has 0 atom stereocenters. The third-order valence-electron chi connectivity index (χ3n) is 1.51. The SMILES string of the molecule is CC(C)(C)NC(=O)ONc1ccccc1. The summed E-state index contributed by atoms with van der Waals surface area (Å²) < 4.78 is 0. The predicted molar refractivity (Wildman–Crippen MR) is 59.4 cm³/mol. The second-order valence-corrected chi connectivity index (χ2v) is 4.23. The van der Waals surface area contributed by atoms with Crippen molar-refractivity contribution in [3.05, 3.63) is 30.3 Å². The van der Waals surface area contributed by atoms with Crippen LogP contribution in [-0.2, 0) is 4.84 Å². The van der Waals surface area contributed by atoms with Crippen molar-refractivity contribution < 1.29 is 9.63 Å². The zero-order valence-electron chi connectivity index (χ0n) is 9.20. The average Bonchev–Trinajstić information content (AvgIpc) is 2.14. The lowest BCUT2D eigenvalue weighted by Crippen LogP contribution is -2.41. The molecule has 4 heteroatoms. The van der Waals surface area contributed by atoms with Crippen molar-refractivity contribution in [1.29, 1.82) is 0 Å². The zero-order valence-corrected chi connectivity index (χ0v) is 9.20. The Morgan fingerprint density at radius 2 is 1.80 bits per heavy atom. The molecule has 15 heavy (non-hydrogen) atoms. The Kier molecular flexibility index (Phi) is 3.55. The summed E-state index contributed by atoms with van der Waals surface area (Å²) in [4.78, 5) is 16.0. The Balaban J connectivity index is 2.35.